The SMILES string of the molecule is C=C[C@@H]1O[C@@H]2C3=C(C)[C@@H](OC(=O)[C@H](O)[C@H](CC)NC(=O)OC(C)(C)C)C[C@@](O)([C@@H](OC(=O)c4ccccc4)[C@H]4[C@@](C)(CC[C@H]5OC[C@]54OC(C)=O)[C@@H]2O1)C3(C)C.CC[C@H](NC(=O)OC(C)(C)C)[C@@H](O)C(=O)O[C@H]1C[C@@]2(O)[C@@H](OC(=O)c3ccccc3)[C@H]3[C@@](C)(CC[C@H]4OC[C@]43OC(C)=O)[C@@H]3O[C@H](CN4CC(C)(O)C4)O[C@@H]3C(=C1C)C2(C)C. The summed E-state index contributed by atoms with van der Waals surface area (Å²) in [6.45, 7) is 37.8. The van der Waals surface area contributed by atoms with Crippen LogP contribution in [0.1, 0.15) is 204 Å². The van der Waals surface area contributed by atoms with E-state index in [1.807, 2.05) is 46.4 Å². The monoisotopic (exact) mass is 1640 g/mol. The number of benzene rings is 2. The number of hydrogen-bond acceptors (Lipinski definition) is 28. The van der Waals surface area contributed by atoms with Gasteiger partial charge in [-0.05, 0) is 153 Å². The minimum absolute atomic E-state index is 0.0219. The quantitative estimate of drug-likeness (QED) is 0.0395. The summed E-state index contributed by atoms with van der Waals surface area (Å²) in [7, 11) is 0. The maximum atomic E-state index is 14.4. The lowest BCUT2D eigenvalue weighted by atomic mass is 9.45. The van der Waals surface area contributed by atoms with Crippen LogP contribution in [0.4, 0.5) is 9.59 Å². The van der Waals surface area contributed by atoms with Gasteiger partial charge in [0.2, 0.25) is 0 Å². The molecular formula is C87H121N3O27. The largest absolute Gasteiger partial charge is 0.456 e. The number of rotatable bonds is 19. The van der Waals surface area contributed by atoms with E-state index >= 15 is 0 Å². The van der Waals surface area contributed by atoms with Gasteiger partial charge in [-0.2, -0.15) is 0 Å². The summed E-state index contributed by atoms with van der Waals surface area (Å²) in [4.78, 5) is 110. The number of amides is 2. The van der Waals surface area contributed by atoms with Gasteiger partial charge in [0.25, 0.3) is 0 Å². The van der Waals surface area contributed by atoms with Crippen LogP contribution in [0.2, 0.25) is 0 Å². The Bertz CT molecular complexity index is 4180. The molecular weight excluding hydrogens is 1520 g/mol. The molecule has 4 bridgehead atoms. The summed E-state index contributed by atoms with van der Waals surface area (Å²) >= 11 is 0. The van der Waals surface area contributed by atoms with Crippen LogP contribution >= 0.6 is 0 Å². The van der Waals surface area contributed by atoms with Gasteiger partial charge in [0.05, 0.1) is 66.1 Å². The first-order chi connectivity index (χ1) is 54.5. The highest BCUT2D eigenvalue weighted by molar-refractivity contribution is 5.90. The molecule has 0 aromatic heterocycles. The zero-order valence-corrected chi connectivity index (χ0v) is 70.8. The van der Waals surface area contributed by atoms with Crippen molar-refractivity contribution in [2.45, 2.75) is 320 Å². The van der Waals surface area contributed by atoms with Crippen molar-refractivity contribution >= 4 is 48.0 Å². The normalized spacial score (nSPS) is 36.9. The van der Waals surface area contributed by atoms with Crippen LogP contribution in [-0.2, 0) is 85.5 Å². The topological polar surface area (TPSA) is 394 Å². The molecule has 5 heterocycles. The van der Waals surface area contributed by atoms with E-state index in [-0.39, 0.29) is 50.0 Å². The summed E-state index contributed by atoms with van der Waals surface area (Å²) in [5.74, 6) is -6.57. The molecule has 30 heteroatoms. The van der Waals surface area contributed by atoms with Crippen LogP contribution in [0, 0.1) is 33.5 Å². The summed E-state index contributed by atoms with van der Waals surface area (Å²) < 4.78 is 88.2. The summed E-state index contributed by atoms with van der Waals surface area (Å²) in [5, 5.41) is 65.9. The molecule has 0 spiro atoms. The first kappa shape index (κ1) is 88.8. The number of β-amino-alcohol motifs (C(OH)–C–C–N with tert-alkyl or cyclic N) is 1. The Morgan fingerprint density at radius 1 is 0.573 bits per heavy atom. The van der Waals surface area contributed by atoms with Crippen LogP contribution in [0.3, 0.4) is 0 Å². The number of carbonyl (C=O) groups is 8. The Balaban J connectivity index is 0.000000216. The number of ether oxygens (including phenoxy) is 14. The van der Waals surface area contributed by atoms with Crippen molar-refractivity contribution in [3.63, 3.8) is 0 Å². The molecule has 117 heavy (non-hydrogen) atoms. The van der Waals surface area contributed by atoms with Crippen LogP contribution in [0.25, 0.3) is 0 Å². The molecule has 11 aliphatic rings. The molecule has 2 amide bonds. The molecule has 24 atom stereocenters. The van der Waals surface area contributed by atoms with Crippen LogP contribution in [-0.4, -0.2) is 248 Å². The molecule has 7 N–H and O–H groups in total. The Labute approximate surface area is 683 Å². The van der Waals surface area contributed by atoms with Crippen molar-refractivity contribution in [3.05, 3.63) is 107 Å². The standard InChI is InChI=1S/C45H64N2O14.C42H57NO13/c1-11-27(46-39(52)61-40(4,5)6)32(49)38(51)56-28-19-45(54)36(59-37(50)26-15-13-12-14-16-26)34-43(10,18-17-29-44(34,23-55-29)60-25(3)48)35-33(31(24(28)2)41(45,7)8)57-30(58-35)20-47-21-42(9,53)22-47;1-11-25(43-37(48)56-38(5,6)7)30(45)36(47)51-26-20-42(49)34(54-35(46)24-16-14-13-15-17-24)32-40(10,19-18-27-41(32,21-50-27)55-23(4)44)33-31(52-28(12-2)53-33)29(22(26)3)39(42,8)9/h12-16,27-30,32-36,49,53-54H,11,17-23H2,1-10H3,(H,46,52);12-17,25-28,30-34,45,49H,2,11,18-21H2,1,3-10H3,(H,43,48)/t27-,28-,29+,30+,32+,33+,34-,35+,36-,43+,44-,45+;25-,26-,27+,28+,30+,31+,32-,33+,34-,40+,41-,42+/m00/s1. The molecule has 4 saturated carbocycles. The smallest absolute Gasteiger partial charge is 0.407 e. The molecule has 9 fully saturated rings. The van der Waals surface area contributed by atoms with E-state index in [0.717, 1.165) is 0 Å². The Kier molecular flexibility index (Phi) is 24.4. The van der Waals surface area contributed by atoms with Crippen molar-refractivity contribution in [1.82, 2.24) is 15.5 Å². The van der Waals surface area contributed by atoms with Gasteiger partial charge >= 0.3 is 48.0 Å². The third-order valence-electron chi connectivity index (χ3n) is 26.8. The number of fused-ring (bicyclic) bond motifs is 16. The number of aliphatic hydroxyl groups is 5. The van der Waals surface area contributed by atoms with Gasteiger partial charge in [0.15, 0.2) is 36.0 Å². The predicted octanol–water partition coefficient (Wildman–Crippen LogP) is 8.27. The minimum Gasteiger partial charge on any atom is -0.456 e. The Morgan fingerprint density at radius 3 is 1.30 bits per heavy atom. The van der Waals surface area contributed by atoms with E-state index in [2.05, 4.69) is 17.2 Å². The van der Waals surface area contributed by atoms with Crippen LogP contribution in [0.5, 0.6) is 0 Å². The number of aliphatic hydroxyl groups excluding tert-OH is 2. The van der Waals surface area contributed by atoms with E-state index in [9.17, 15) is 63.9 Å². The Hall–Kier alpha value is -7.46. The lowest BCUT2D eigenvalue weighted by Gasteiger charge is -2.68. The number of alkyl carbamates (subject to hydrolysis) is 2. The molecule has 6 aliphatic carbocycles. The van der Waals surface area contributed by atoms with E-state index in [1.165, 1.54) is 19.9 Å². The predicted molar refractivity (Wildman–Crippen MR) is 417 cm³/mol. The van der Waals surface area contributed by atoms with E-state index in [0.29, 0.717) is 67.6 Å². The number of carbonyl (C=O) groups excluding carboxylic acids is 8. The van der Waals surface area contributed by atoms with Crippen molar-refractivity contribution < 1.29 is 130 Å². The fourth-order valence-electron chi connectivity index (χ4n) is 21.3. The van der Waals surface area contributed by atoms with Crippen LogP contribution < -0.4 is 10.6 Å². The van der Waals surface area contributed by atoms with Gasteiger partial charge in [-0.15, -0.1) is 0 Å². The first-order valence-electron chi connectivity index (χ1n) is 41.0. The molecule has 30 nitrogen and oxygen atoms in total. The van der Waals surface area contributed by atoms with Gasteiger partial charge in [-0.3, -0.25) is 14.5 Å². The molecule has 2 aromatic rings. The van der Waals surface area contributed by atoms with E-state index in [4.69, 9.17) is 66.3 Å². The molecule has 0 unspecified atom stereocenters. The Morgan fingerprint density at radius 2 is 0.957 bits per heavy atom. The zero-order chi connectivity index (χ0) is 85.8. The average molecular weight is 1640 g/mol. The van der Waals surface area contributed by atoms with Gasteiger partial charge in [0.1, 0.15) is 71.2 Å². The lowest BCUT2D eigenvalue weighted by molar-refractivity contribution is -0.345. The third kappa shape index (κ3) is 16.1. The number of likely N-dealkylation sites (tertiary alicyclic amines) is 1. The van der Waals surface area contributed by atoms with Gasteiger partial charge in [-0.1, -0.05) is 98.4 Å². The highest BCUT2D eigenvalue weighted by Crippen LogP contribution is 2.69. The highest BCUT2D eigenvalue weighted by Gasteiger charge is 2.80. The number of hydrogen-bond donors (Lipinski definition) is 7. The first-order valence-corrected chi connectivity index (χ1v) is 41.0. The van der Waals surface area contributed by atoms with E-state index in [1.54, 1.807) is 137 Å². The number of esters is 6. The van der Waals surface area contributed by atoms with Gasteiger partial charge in [-0.25, -0.2) is 28.8 Å². The molecule has 0 radical (unpaired) electrons. The average Bonchev–Trinajstić information content (AvgIpc) is 1.66. The second-order valence-electron chi connectivity index (χ2n) is 37.8. The molecule has 5 aliphatic heterocycles. The van der Waals surface area contributed by atoms with Crippen molar-refractivity contribution in [1.29, 1.82) is 0 Å². The lowest BCUT2D eigenvalue weighted by Crippen LogP contribution is -2.79. The maximum Gasteiger partial charge on any atom is 0.407 e. The van der Waals surface area contributed by atoms with E-state index < -0.39 is 219 Å². The van der Waals surface area contributed by atoms with Gasteiger partial charge in [0, 0.05) is 68.0 Å². The highest BCUT2D eigenvalue weighted by atomic mass is 16.7. The molecule has 646 valence electrons. The number of nitrogens with zero attached hydrogens (tertiary/aromatic N) is 1. The summed E-state index contributed by atoms with van der Waals surface area (Å²) in [6.07, 6.45) is -13.4. The van der Waals surface area contributed by atoms with Crippen molar-refractivity contribution in [3.8, 4) is 0 Å². The second kappa shape index (κ2) is 32.2. The molecule has 13 rings (SSSR count). The van der Waals surface area contributed by atoms with Gasteiger partial charge < -0.3 is 102 Å². The molecule has 2 aromatic carbocycles. The fraction of sp³-hybridized carbons (Fsp3) is 0.701. The minimum atomic E-state index is -2.06. The number of nitrogens with one attached hydrogen (secondary N) is 2. The third-order valence-corrected chi connectivity index (χ3v) is 26.8. The fourth-order valence-corrected chi connectivity index (χ4v) is 21.3. The summed E-state index contributed by atoms with van der Waals surface area (Å²) in [6, 6.07) is 14.6. The van der Waals surface area contributed by atoms with Crippen molar-refractivity contribution in [2.24, 2.45) is 33.5 Å². The molecule has 5 saturated heterocycles. The zero-order valence-electron chi connectivity index (χ0n) is 70.8. The maximum absolute atomic E-state index is 14.4. The second-order valence-corrected chi connectivity index (χ2v) is 37.8. The van der Waals surface area contributed by atoms with Crippen molar-refractivity contribution in [2.75, 3.05) is 32.8 Å². The van der Waals surface area contributed by atoms with Crippen LogP contribution in [0.15, 0.2) is 95.6 Å². The summed E-state index contributed by atoms with van der Waals surface area (Å²) in [5.41, 5.74) is -11.1.